The number of carbonyl (C=O) groups excluding carboxylic acids is 2. The molecule has 4 rings (SSSR count). The van der Waals surface area contributed by atoms with E-state index in [1.165, 1.54) is 0 Å². The van der Waals surface area contributed by atoms with Gasteiger partial charge in [0.15, 0.2) is 5.78 Å². The van der Waals surface area contributed by atoms with E-state index in [-0.39, 0.29) is 17.6 Å². The molecule has 26 heavy (non-hydrogen) atoms. The van der Waals surface area contributed by atoms with Crippen LogP contribution in [0.25, 0.3) is 0 Å². The minimum Gasteiger partial charge on any atom is -0.467 e. The average Bonchev–Trinajstić information content (AvgIpc) is 3.10. The second kappa shape index (κ2) is 6.48. The van der Waals surface area contributed by atoms with Gasteiger partial charge in [0.25, 0.3) is 0 Å². The Bertz CT molecular complexity index is 882. The smallest absolute Gasteiger partial charge is 0.227 e. The molecule has 5 nitrogen and oxygen atoms in total. The van der Waals surface area contributed by atoms with Crippen molar-refractivity contribution >= 4 is 23.1 Å². The number of hydrogen-bond acceptors (Lipinski definition) is 4. The van der Waals surface area contributed by atoms with Gasteiger partial charge in [-0.1, -0.05) is 26.0 Å². The van der Waals surface area contributed by atoms with Crippen LogP contribution in [0.5, 0.6) is 0 Å². The van der Waals surface area contributed by atoms with Crippen LogP contribution in [0.3, 0.4) is 0 Å². The summed E-state index contributed by atoms with van der Waals surface area (Å²) in [6.45, 7) is 3.92. The van der Waals surface area contributed by atoms with Gasteiger partial charge in [0.2, 0.25) is 5.91 Å². The predicted molar refractivity (Wildman–Crippen MR) is 99.7 cm³/mol. The van der Waals surface area contributed by atoms with Crippen LogP contribution in [-0.4, -0.2) is 11.7 Å². The number of amides is 1. The quantitative estimate of drug-likeness (QED) is 0.869. The topological polar surface area (TPSA) is 62.6 Å². The molecule has 2 aliphatic rings. The number of hydrogen-bond donors (Lipinski definition) is 1. The molecule has 0 saturated heterocycles. The number of furan rings is 1. The van der Waals surface area contributed by atoms with Crippen molar-refractivity contribution in [2.45, 2.75) is 39.2 Å². The molecular formula is C21H22N2O3. The molecule has 5 heteroatoms. The van der Waals surface area contributed by atoms with Gasteiger partial charge >= 0.3 is 0 Å². The summed E-state index contributed by atoms with van der Waals surface area (Å²) in [6.07, 6.45) is 3.20. The Kier molecular flexibility index (Phi) is 4.15. The van der Waals surface area contributed by atoms with Crippen LogP contribution in [-0.2, 0) is 9.59 Å². The van der Waals surface area contributed by atoms with Crippen molar-refractivity contribution < 1.29 is 14.0 Å². The van der Waals surface area contributed by atoms with Gasteiger partial charge < -0.3 is 9.73 Å². The van der Waals surface area contributed by atoms with E-state index in [1.807, 2.05) is 37.3 Å². The second-order valence-corrected chi connectivity index (χ2v) is 7.01. The van der Waals surface area contributed by atoms with Gasteiger partial charge in [0.05, 0.1) is 17.6 Å². The number of fused-ring (bicyclic) bond motifs is 1. The highest BCUT2D eigenvalue weighted by atomic mass is 16.3. The number of nitrogens with zero attached hydrogens (tertiary/aromatic N) is 1. The first kappa shape index (κ1) is 16.6. The van der Waals surface area contributed by atoms with Crippen LogP contribution in [0.1, 0.15) is 44.9 Å². The number of anilines is 2. The summed E-state index contributed by atoms with van der Waals surface area (Å²) in [5.74, 6) is 0.919. The summed E-state index contributed by atoms with van der Waals surface area (Å²) in [4.78, 5) is 27.7. The maximum Gasteiger partial charge on any atom is 0.227 e. The molecule has 1 aliphatic carbocycles. The molecule has 2 atom stereocenters. The Hall–Kier alpha value is -2.82. The van der Waals surface area contributed by atoms with E-state index >= 15 is 0 Å². The summed E-state index contributed by atoms with van der Waals surface area (Å²) in [5, 5.41) is 3.45. The van der Waals surface area contributed by atoms with E-state index in [0.717, 1.165) is 23.5 Å². The Morgan fingerprint density at radius 2 is 2.04 bits per heavy atom. The van der Waals surface area contributed by atoms with Crippen molar-refractivity contribution in [3.63, 3.8) is 0 Å². The molecule has 2 heterocycles. The molecule has 0 bridgehead atoms. The van der Waals surface area contributed by atoms with E-state index in [1.54, 1.807) is 17.2 Å². The van der Waals surface area contributed by atoms with Crippen LogP contribution in [0, 0.1) is 5.92 Å². The lowest BCUT2D eigenvalue weighted by atomic mass is 9.83. The van der Waals surface area contributed by atoms with Crippen molar-refractivity contribution in [1.82, 2.24) is 0 Å². The van der Waals surface area contributed by atoms with E-state index in [9.17, 15) is 9.59 Å². The van der Waals surface area contributed by atoms with Gasteiger partial charge in [-0.25, -0.2) is 0 Å². The largest absolute Gasteiger partial charge is 0.467 e. The molecule has 134 valence electrons. The highest BCUT2D eigenvalue weighted by Gasteiger charge is 2.41. The predicted octanol–water partition coefficient (Wildman–Crippen LogP) is 4.44. The number of para-hydroxylation sites is 2. The van der Waals surface area contributed by atoms with Gasteiger partial charge in [-0.2, -0.15) is 0 Å². The fourth-order valence-electron chi connectivity index (χ4n) is 3.95. The van der Waals surface area contributed by atoms with Crippen LogP contribution in [0.15, 0.2) is 58.3 Å². The van der Waals surface area contributed by atoms with Gasteiger partial charge in [0.1, 0.15) is 11.8 Å². The lowest BCUT2D eigenvalue weighted by molar-refractivity contribution is -0.119. The summed E-state index contributed by atoms with van der Waals surface area (Å²) in [6, 6.07) is 10.8. The Morgan fingerprint density at radius 3 is 2.77 bits per heavy atom. The second-order valence-electron chi connectivity index (χ2n) is 7.01. The number of nitrogens with one attached hydrogen (secondary N) is 1. The van der Waals surface area contributed by atoms with E-state index in [2.05, 4.69) is 12.2 Å². The van der Waals surface area contributed by atoms with Crippen LogP contribution >= 0.6 is 0 Å². The Balaban J connectivity index is 1.99. The third-order valence-electron chi connectivity index (χ3n) is 5.08. The van der Waals surface area contributed by atoms with Crippen molar-refractivity contribution in [2.75, 3.05) is 10.2 Å². The Labute approximate surface area is 152 Å². The first-order valence-corrected chi connectivity index (χ1v) is 9.08. The molecule has 1 aromatic heterocycles. The lowest BCUT2D eigenvalue weighted by Gasteiger charge is -2.32. The minimum absolute atomic E-state index is 0.0409. The number of carbonyl (C=O) groups is 2. The molecule has 2 aromatic rings. The number of ketones is 1. The first-order valence-electron chi connectivity index (χ1n) is 9.08. The molecule has 1 N–H and O–H groups in total. The maximum atomic E-state index is 13.0. The van der Waals surface area contributed by atoms with Crippen LogP contribution < -0.4 is 10.2 Å². The zero-order valence-corrected chi connectivity index (χ0v) is 15.0. The summed E-state index contributed by atoms with van der Waals surface area (Å²) in [5.41, 5.74) is 3.17. The number of benzene rings is 1. The maximum absolute atomic E-state index is 13.0. The SMILES string of the molecule is CCC(=O)N1c2ccccc2NC2=C(C(=O)CC(C)C2)C1c1ccco1. The molecule has 2 unspecified atom stereocenters. The fraction of sp³-hybridized carbons (Fsp3) is 0.333. The summed E-state index contributed by atoms with van der Waals surface area (Å²) < 4.78 is 5.68. The molecule has 0 fully saturated rings. The highest BCUT2D eigenvalue weighted by molar-refractivity contribution is 6.05. The standard InChI is InChI=1S/C21H22N2O3/c1-3-19(25)23-16-8-5-4-7-14(16)22-15-11-13(2)12-17(24)20(15)21(23)18-9-6-10-26-18/h4-10,13,21-22H,3,11-12H2,1-2H3. The van der Waals surface area contributed by atoms with Gasteiger partial charge in [-0.3, -0.25) is 14.5 Å². The number of Topliss-reactive ketones (excluding diaryl/α,β-unsaturated/α-hetero) is 1. The van der Waals surface area contributed by atoms with E-state index < -0.39 is 6.04 Å². The molecule has 1 aliphatic heterocycles. The van der Waals surface area contributed by atoms with Gasteiger partial charge in [-0.15, -0.1) is 0 Å². The highest BCUT2D eigenvalue weighted by Crippen LogP contribution is 2.45. The molecule has 0 spiro atoms. The van der Waals surface area contributed by atoms with Gasteiger partial charge in [0, 0.05) is 24.1 Å². The van der Waals surface area contributed by atoms with E-state index in [4.69, 9.17) is 4.42 Å². The zero-order valence-electron chi connectivity index (χ0n) is 15.0. The van der Waals surface area contributed by atoms with Crippen LogP contribution in [0.4, 0.5) is 11.4 Å². The van der Waals surface area contributed by atoms with Crippen molar-refractivity contribution in [3.8, 4) is 0 Å². The first-order chi connectivity index (χ1) is 12.6. The molecular weight excluding hydrogens is 328 g/mol. The van der Waals surface area contributed by atoms with Crippen molar-refractivity contribution in [1.29, 1.82) is 0 Å². The zero-order chi connectivity index (χ0) is 18.3. The number of allylic oxidation sites excluding steroid dienone is 1. The fourth-order valence-corrected chi connectivity index (χ4v) is 3.95. The van der Waals surface area contributed by atoms with E-state index in [0.29, 0.717) is 24.2 Å². The van der Waals surface area contributed by atoms with Crippen LogP contribution in [0.2, 0.25) is 0 Å². The average molecular weight is 350 g/mol. The summed E-state index contributed by atoms with van der Waals surface area (Å²) >= 11 is 0. The molecule has 0 radical (unpaired) electrons. The summed E-state index contributed by atoms with van der Waals surface area (Å²) in [7, 11) is 0. The van der Waals surface area contributed by atoms with Crippen molar-refractivity contribution in [3.05, 3.63) is 59.7 Å². The molecule has 0 saturated carbocycles. The molecule has 1 aromatic carbocycles. The van der Waals surface area contributed by atoms with Gasteiger partial charge in [-0.05, 0) is 36.6 Å². The third kappa shape index (κ3) is 2.64. The lowest BCUT2D eigenvalue weighted by Crippen LogP contribution is -2.38. The van der Waals surface area contributed by atoms with Crippen molar-refractivity contribution in [2.24, 2.45) is 5.92 Å². The normalized spacial score (nSPS) is 22.4. The number of rotatable bonds is 2. The minimum atomic E-state index is -0.538. The Morgan fingerprint density at radius 1 is 1.23 bits per heavy atom. The monoisotopic (exact) mass is 350 g/mol. The molecule has 1 amide bonds. The third-order valence-corrected chi connectivity index (χ3v) is 5.08.